The number of ether oxygens (including phenoxy) is 2. The number of halogens is 1. The first kappa shape index (κ1) is 9.66. The second-order valence-corrected chi connectivity index (χ2v) is 3.97. The van der Waals surface area contributed by atoms with E-state index in [-0.39, 0.29) is 0 Å². The summed E-state index contributed by atoms with van der Waals surface area (Å²) in [7, 11) is 0. The van der Waals surface area contributed by atoms with Crippen LogP contribution < -0.4 is 9.47 Å². The zero-order valence-electron chi connectivity index (χ0n) is 8.66. The van der Waals surface area contributed by atoms with Gasteiger partial charge in [-0.2, -0.15) is 0 Å². The third kappa shape index (κ3) is 1.30. The van der Waals surface area contributed by atoms with Gasteiger partial charge < -0.3 is 9.47 Å². The number of hydrogen-bond acceptors (Lipinski definition) is 4. The van der Waals surface area contributed by atoms with Crippen molar-refractivity contribution in [2.24, 2.45) is 0 Å². The van der Waals surface area contributed by atoms with E-state index < -0.39 is 0 Å². The van der Waals surface area contributed by atoms with Crippen LogP contribution in [0.1, 0.15) is 5.56 Å². The van der Waals surface area contributed by atoms with E-state index in [9.17, 15) is 0 Å². The first-order valence-electron chi connectivity index (χ1n) is 4.97. The van der Waals surface area contributed by atoms with Crippen LogP contribution in [0.2, 0.25) is 5.15 Å². The molecule has 0 atom stereocenters. The Labute approximate surface area is 97.2 Å². The van der Waals surface area contributed by atoms with Gasteiger partial charge in [0.2, 0.25) is 0 Å². The molecule has 1 aromatic carbocycles. The van der Waals surface area contributed by atoms with Gasteiger partial charge >= 0.3 is 0 Å². The van der Waals surface area contributed by atoms with E-state index in [2.05, 4.69) is 9.97 Å². The molecule has 5 heteroatoms. The molecule has 0 saturated carbocycles. The first-order chi connectivity index (χ1) is 7.77. The van der Waals surface area contributed by atoms with Crippen molar-refractivity contribution in [3.8, 4) is 11.5 Å². The summed E-state index contributed by atoms with van der Waals surface area (Å²) >= 11 is 6.06. The number of fused-ring (bicyclic) bond motifs is 3. The van der Waals surface area contributed by atoms with E-state index in [1.807, 2.05) is 13.0 Å². The minimum absolute atomic E-state index is 0.395. The molecule has 0 saturated heterocycles. The molecule has 4 nitrogen and oxygen atoms in total. The van der Waals surface area contributed by atoms with Crippen molar-refractivity contribution in [3.05, 3.63) is 23.1 Å². The van der Waals surface area contributed by atoms with Gasteiger partial charge in [0, 0.05) is 0 Å². The average Bonchev–Trinajstić information content (AvgIpc) is 2.29. The van der Waals surface area contributed by atoms with Crippen molar-refractivity contribution in [1.29, 1.82) is 0 Å². The Morgan fingerprint density at radius 2 is 1.94 bits per heavy atom. The zero-order valence-corrected chi connectivity index (χ0v) is 9.41. The van der Waals surface area contributed by atoms with Gasteiger partial charge in [0.05, 0.1) is 10.9 Å². The van der Waals surface area contributed by atoms with E-state index in [0.29, 0.717) is 24.1 Å². The van der Waals surface area contributed by atoms with Gasteiger partial charge in [0.25, 0.3) is 0 Å². The van der Waals surface area contributed by atoms with Crippen LogP contribution in [-0.2, 0) is 0 Å². The van der Waals surface area contributed by atoms with Gasteiger partial charge in [-0.1, -0.05) is 11.6 Å². The number of aryl methyl sites for hydroxylation is 1. The van der Waals surface area contributed by atoms with Crippen molar-refractivity contribution >= 4 is 22.5 Å². The lowest BCUT2D eigenvalue weighted by Gasteiger charge is -2.21. The predicted molar refractivity (Wildman–Crippen MR) is 60.3 cm³/mol. The fraction of sp³-hybridized carbons (Fsp3) is 0.273. The highest BCUT2D eigenvalue weighted by molar-refractivity contribution is 6.34. The van der Waals surface area contributed by atoms with Gasteiger partial charge in [0.1, 0.15) is 24.7 Å². The van der Waals surface area contributed by atoms with Crippen LogP contribution in [0.5, 0.6) is 11.5 Å². The quantitative estimate of drug-likeness (QED) is 0.659. The number of aromatic nitrogens is 2. The molecule has 0 radical (unpaired) electrons. The first-order valence-corrected chi connectivity index (χ1v) is 5.34. The molecule has 1 aromatic heterocycles. The molecule has 0 N–H and O–H groups in total. The largest absolute Gasteiger partial charge is 0.486 e. The summed E-state index contributed by atoms with van der Waals surface area (Å²) in [5, 5.41) is 1.12. The second-order valence-electron chi connectivity index (χ2n) is 3.61. The molecule has 0 bridgehead atoms. The van der Waals surface area contributed by atoms with Gasteiger partial charge in [-0.15, -0.1) is 0 Å². The van der Waals surface area contributed by atoms with Crippen molar-refractivity contribution in [2.75, 3.05) is 13.2 Å². The lowest BCUT2D eigenvalue weighted by molar-refractivity contribution is 0.173. The lowest BCUT2D eigenvalue weighted by atomic mass is 10.1. The minimum atomic E-state index is 0.395. The van der Waals surface area contributed by atoms with Gasteiger partial charge in [-0.05, 0) is 18.6 Å². The molecule has 1 aliphatic rings. The maximum absolute atomic E-state index is 6.06. The molecule has 16 heavy (non-hydrogen) atoms. The Kier molecular flexibility index (Phi) is 2.11. The molecule has 0 aliphatic carbocycles. The van der Waals surface area contributed by atoms with E-state index in [4.69, 9.17) is 21.1 Å². The molecule has 0 unspecified atom stereocenters. The Bertz CT molecular complexity index is 571. The minimum Gasteiger partial charge on any atom is -0.486 e. The summed E-state index contributed by atoms with van der Waals surface area (Å²) in [6, 6.07) is 1.93. The van der Waals surface area contributed by atoms with Crippen LogP contribution in [0.3, 0.4) is 0 Å². The van der Waals surface area contributed by atoms with E-state index in [1.165, 1.54) is 6.33 Å². The summed E-state index contributed by atoms with van der Waals surface area (Å²) in [5.41, 5.74) is 1.78. The molecular formula is C11H9ClN2O2. The van der Waals surface area contributed by atoms with Crippen LogP contribution in [0.25, 0.3) is 10.9 Å². The highest BCUT2D eigenvalue weighted by Crippen LogP contribution is 2.41. The summed E-state index contributed by atoms with van der Waals surface area (Å²) in [6.45, 7) is 3.05. The molecule has 2 heterocycles. The van der Waals surface area contributed by atoms with Crippen molar-refractivity contribution in [1.82, 2.24) is 9.97 Å². The summed E-state index contributed by atoms with van der Waals surface area (Å²) in [5.74, 6) is 1.40. The smallest absolute Gasteiger partial charge is 0.174 e. The molecule has 1 aliphatic heterocycles. The molecule has 2 aromatic rings. The van der Waals surface area contributed by atoms with Crippen LogP contribution in [0, 0.1) is 6.92 Å². The molecular weight excluding hydrogens is 228 g/mol. The van der Waals surface area contributed by atoms with Gasteiger partial charge in [-0.25, -0.2) is 9.97 Å². The van der Waals surface area contributed by atoms with E-state index in [1.54, 1.807) is 0 Å². The van der Waals surface area contributed by atoms with Crippen LogP contribution in [0.15, 0.2) is 12.4 Å². The summed E-state index contributed by atoms with van der Waals surface area (Å²) in [6.07, 6.45) is 1.44. The van der Waals surface area contributed by atoms with Crippen molar-refractivity contribution < 1.29 is 9.47 Å². The Morgan fingerprint density at radius 1 is 1.19 bits per heavy atom. The molecule has 0 amide bonds. The van der Waals surface area contributed by atoms with Gasteiger partial charge in [0.15, 0.2) is 11.5 Å². The summed E-state index contributed by atoms with van der Waals surface area (Å²) < 4.78 is 11.2. The van der Waals surface area contributed by atoms with Crippen LogP contribution in [0.4, 0.5) is 0 Å². The Hall–Kier alpha value is -1.55. The number of nitrogens with zero attached hydrogens (tertiary/aromatic N) is 2. The normalized spacial score (nSPS) is 14.1. The molecule has 0 fully saturated rings. The lowest BCUT2D eigenvalue weighted by Crippen LogP contribution is -2.16. The van der Waals surface area contributed by atoms with Crippen LogP contribution >= 0.6 is 11.6 Å². The topological polar surface area (TPSA) is 44.2 Å². The third-order valence-electron chi connectivity index (χ3n) is 2.55. The highest BCUT2D eigenvalue weighted by Gasteiger charge is 2.20. The number of hydrogen-bond donors (Lipinski definition) is 0. The predicted octanol–water partition coefficient (Wildman–Crippen LogP) is 2.36. The number of benzene rings is 1. The van der Waals surface area contributed by atoms with E-state index in [0.717, 1.165) is 22.2 Å². The second kappa shape index (κ2) is 3.49. The average molecular weight is 237 g/mol. The van der Waals surface area contributed by atoms with Crippen LogP contribution in [-0.4, -0.2) is 23.2 Å². The number of rotatable bonds is 0. The van der Waals surface area contributed by atoms with Crippen molar-refractivity contribution in [3.63, 3.8) is 0 Å². The highest BCUT2D eigenvalue weighted by atomic mass is 35.5. The maximum Gasteiger partial charge on any atom is 0.174 e. The monoisotopic (exact) mass is 236 g/mol. The molecule has 0 spiro atoms. The SMILES string of the molecule is Cc1cc2ncnc(Cl)c2c2c1OCCO2. The fourth-order valence-corrected chi connectivity index (χ4v) is 2.09. The Balaban J connectivity index is 2.43. The molecule has 3 rings (SSSR count). The van der Waals surface area contributed by atoms with Gasteiger partial charge in [-0.3, -0.25) is 0 Å². The van der Waals surface area contributed by atoms with E-state index >= 15 is 0 Å². The Morgan fingerprint density at radius 3 is 2.75 bits per heavy atom. The third-order valence-corrected chi connectivity index (χ3v) is 2.84. The standard InChI is InChI=1S/C11H9ClN2O2/c1-6-4-7-8(11(12)14-5-13-7)10-9(6)15-2-3-16-10/h4-5H,2-3H2,1H3. The van der Waals surface area contributed by atoms with Crippen molar-refractivity contribution in [2.45, 2.75) is 6.92 Å². The fourth-order valence-electron chi connectivity index (χ4n) is 1.86. The summed E-state index contributed by atoms with van der Waals surface area (Å²) in [4.78, 5) is 8.14. The maximum atomic E-state index is 6.06. The zero-order chi connectivity index (χ0) is 11.1. The molecule has 82 valence electrons.